The van der Waals surface area contributed by atoms with Crippen LogP contribution < -0.4 is 5.32 Å². The molecule has 0 unspecified atom stereocenters. The molecule has 124 valence electrons. The van der Waals surface area contributed by atoms with E-state index in [1.54, 1.807) is 23.9 Å². The number of hydrogen-bond acceptors (Lipinski definition) is 6. The molecule has 0 saturated heterocycles. The Kier molecular flexibility index (Phi) is 3.87. The molecule has 0 radical (unpaired) electrons. The molecule has 8 heteroatoms. The molecule has 7 nitrogen and oxygen atoms in total. The Morgan fingerprint density at radius 1 is 1.28 bits per heavy atom. The standard InChI is InChI=1S/C17H13N5O2S/c1-11(23)19-14-8-12(2-3-15(14)22-6-5-18-10-22)16-20-17(24-21-16)13-4-7-25-9-13/h2-10H,1H3,(H,19,23). The first kappa shape index (κ1) is 15.3. The maximum atomic E-state index is 11.6. The lowest BCUT2D eigenvalue weighted by molar-refractivity contribution is -0.114. The number of amides is 1. The second-order valence-corrected chi connectivity index (χ2v) is 6.10. The molecule has 4 aromatic rings. The van der Waals surface area contributed by atoms with Gasteiger partial charge < -0.3 is 14.4 Å². The fourth-order valence-electron chi connectivity index (χ4n) is 2.44. The number of imidazole rings is 1. The molecule has 0 spiro atoms. The van der Waals surface area contributed by atoms with E-state index in [0.29, 0.717) is 17.4 Å². The molecule has 3 aromatic heterocycles. The van der Waals surface area contributed by atoms with Crippen molar-refractivity contribution < 1.29 is 9.32 Å². The first-order valence-electron chi connectivity index (χ1n) is 7.47. The average Bonchev–Trinajstić information content (AvgIpc) is 3.34. The molecule has 3 heterocycles. The molecule has 0 bridgehead atoms. The fourth-order valence-corrected chi connectivity index (χ4v) is 3.07. The number of carbonyl (C=O) groups is 1. The average molecular weight is 351 g/mol. The van der Waals surface area contributed by atoms with Gasteiger partial charge in [0.15, 0.2) is 0 Å². The van der Waals surface area contributed by atoms with Crippen molar-refractivity contribution in [1.29, 1.82) is 0 Å². The van der Waals surface area contributed by atoms with Gasteiger partial charge in [-0.05, 0) is 29.6 Å². The Bertz CT molecular complexity index is 1010. The minimum atomic E-state index is -0.161. The molecule has 1 N–H and O–H groups in total. The van der Waals surface area contributed by atoms with Gasteiger partial charge in [-0.15, -0.1) is 0 Å². The number of rotatable bonds is 4. The van der Waals surface area contributed by atoms with Gasteiger partial charge in [0, 0.05) is 30.3 Å². The lowest BCUT2D eigenvalue weighted by atomic mass is 10.1. The Morgan fingerprint density at radius 2 is 2.20 bits per heavy atom. The molecule has 0 aliphatic heterocycles. The normalized spacial score (nSPS) is 10.8. The van der Waals surface area contributed by atoms with Gasteiger partial charge in [-0.3, -0.25) is 4.79 Å². The van der Waals surface area contributed by atoms with Gasteiger partial charge in [0.1, 0.15) is 0 Å². The van der Waals surface area contributed by atoms with Crippen molar-refractivity contribution in [3.05, 3.63) is 53.7 Å². The highest BCUT2D eigenvalue weighted by Crippen LogP contribution is 2.28. The third-order valence-corrected chi connectivity index (χ3v) is 4.23. The van der Waals surface area contributed by atoms with E-state index in [1.807, 2.05) is 45.8 Å². The zero-order valence-corrected chi connectivity index (χ0v) is 14.0. The number of carbonyl (C=O) groups excluding carboxylic acids is 1. The molecule has 25 heavy (non-hydrogen) atoms. The summed E-state index contributed by atoms with van der Waals surface area (Å²) in [7, 11) is 0. The number of nitrogens with one attached hydrogen (secondary N) is 1. The number of nitrogens with zero attached hydrogens (tertiary/aromatic N) is 4. The quantitative estimate of drug-likeness (QED) is 0.607. The third kappa shape index (κ3) is 3.07. The van der Waals surface area contributed by atoms with Crippen LogP contribution in [0.25, 0.3) is 28.5 Å². The minimum Gasteiger partial charge on any atom is -0.334 e. The summed E-state index contributed by atoms with van der Waals surface area (Å²) in [6.45, 7) is 1.47. The van der Waals surface area contributed by atoms with Crippen LogP contribution in [0.2, 0.25) is 0 Å². The van der Waals surface area contributed by atoms with Crippen molar-refractivity contribution in [2.45, 2.75) is 6.92 Å². The number of benzene rings is 1. The van der Waals surface area contributed by atoms with Gasteiger partial charge in [0.05, 0.1) is 23.3 Å². The van der Waals surface area contributed by atoms with E-state index in [0.717, 1.165) is 16.8 Å². The van der Waals surface area contributed by atoms with Crippen molar-refractivity contribution in [1.82, 2.24) is 19.7 Å². The highest BCUT2D eigenvalue weighted by molar-refractivity contribution is 7.08. The van der Waals surface area contributed by atoms with E-state index in [2.05, 4.69) is 20.4 Å². The van der Waals surface area contributed by atoms with Gasteiger partial charge in [-0.2, -0.15) is 16.3 Å². The van der Waals surface area contributed by atoms with Crippen LogP contribution in [0.15, 0.2) is 58.3 Å². The number of thiophene rings is 1. The highest BCUT2D eigenvalue weighted by atomic mass is 32.1. The first-order chi connectivity index (χ1) is 12.2. The van der Waals surface area contributed by atoms with E-state index in [1.165, 1.54) is 6.92 Å². The summed E-state index contributed by atoms with van der Waals surface area (Å²) in [6.07, 6.45) is 5.16. The summed E-state index contributed by atoms with van der Waals surface area (Å²) in [5, 5.41) is 10.8. The second-order valence-electron chi connectivity index (χ2n) is 5.32. The Labute approximate surface area is 147 Å². The van der Waals surface area contributed by atoms with E-state index < -0.39 is 0 Å². The zero-order chi connectivity index (χ0) is 17.2. The van der Waals surface area contributed by atoms with Crippen molar-refractivity contribution in [3.8, 4) is 28.5 Å². The van der Waals surface area contributed by atoms with Gasteiger partial charge in [0.25, 0.3) is 5.89 Å². The summed E-state index contributed by atoms with van der Waals surface area (Å²) >= 11 is 1.57. The van der Waals surface area contributed by atoms with Crippen LogP contribution in [0.1, 0.15) is 6.92 Å². The molecular formula is C17H13N5O2S. The van der Waals surface area contributed by atoms with Crippen molar-refractivity contribution in [3.63, 3.8) is 0 Å². The monoisotopic (exact) mass is 351 g/mol. The van der Waals surface area contributed by atoms with Crippen LogP contribution in [0.4, 0.5) is 5.69 Å². The first-order valence-corrected chi connectivity index (χ1v) is 8.41. The lowest BCUT2D eigenvalue weighted by Gasteiger charge is -2.11. The smallest absolute Gasteiger partial charge is 0.259 e. The largest absolute Gasteiger partial charge is 0.334 e. The van der Waals surface area contributed by atoms with Crippen LogP contribution in [0.5, 0.6) is 0 Å². The predicted octanol–water partition coefficient (Wildman–Crippen LogP) is 3.61. The molecule has 0 saturated carbocycles. The fraction of sp³-hybridized carbons (Fsp3) is 0.0588. The Morgan fingerprint density at radius 3 is 2.92 bits per heavy atom. The molecular weight excluding hydrogens is 338 g/mol. The highest BCUT2D eigenvalue weighted by Gasteiger charge is 2.14. The summed E-state index contributed by atoms with van der Waals surface area (Å²) in [5.41, 5.74) is 3.08. The predicted molar refractivity (Wildman–Crippen MR) is 94.5 cm³/mol. The van der Waals surface area contributed by atoms with E-state index in [4.69, 9.17) is 4.52 Å². The van der Waals surface area contributed by atoms with Crippen LogP contribution in [-0.2, 0) is 4.79 Å². The Balaban J connectivity index is 1.74. The van der Waals surface area contributed by atoms with Crippen LogP contribution in [-0.4, -0.2) is 25.6 Å². The summed E-state index contributed by atoms with van der Waals surface area (Å²) in [4.78, 5) is 20.0. The van der Waals surface area contributed by atoms with Gasteiger partial charge >= 0.3 is 0 Å². The van der Waals surface area contributed by atoms with E-state index in [9.17, 15) is 4.79 Å². The minimum absolute atomic E-state index is 0.161. The lowest BCUT2D eigenvalue weighted by Crippen LogP contribution is -2.09. The summed E-state index contributed by atoms with van der Waals surface area (Å²) < 4.78 is 7.15. The van der Waals surface area contributed by atoms with E-state index >= 15 is 0 Å². The maximum Gasteiger partial charge on any atom is 0.259 e. The Hall–Kier alpha value is -3.26. The van der Waals surface area contributed by atoms with Crippen molar-refractivity contribution in [2.24, 2.45) is 0 Å². The third-order valence-electron chi connectivity index (χ3n) is 3.54. The SMILES string of the molecule is CC(=O)Nc1cc(-c2noc(-c3ccsc3)n2)ccc1-n1ccnc1. The number of aromatic nitrogens is 4. The second kappa shape index (κ2) is 6.33. The van der Waals surface area contributed by atoms with Crippen LogP contribution in [0, 0.1) is 0 Å². The molecule has 1 aromatic carbocycles. The summed E-state index contributed by atoms with van der Waals surface area (Å²) in [6, 6.07) is 7.50. The topological polar surface area (TPSA) is 85.8 Å². The van der Waals surface area contributed by atoms with Gasteiger partial charge in [0.2, 0.25) is 11.7 Å². The van der Waals surface area contributed by atoms with Gasteiger partial charge in [-0.25, -0.2) is 4.98 Å². The van der Waals surface area contributed by atoms with E-state index in [-0.39, 0.29) is 5.91 Å². The molecule has 4 rings (SSSR count). The van der Waals surface area contributed by atoms with Crippen LogP contribution in [0.3, 0.4) is 0 Å². The maximum absolute atomic E-state index is 11.6. The molecule has 0 atom stereocenters. The molecule has 0 aliphatic rings. The molecule has 1 amide bonds. The zero-order valence-electron chi connectivity index (χ0n) is 13.2. The van der Waals surface area contributed by atoms with Gasteiger partial charge in [-0.1, -0.05) is 5.16 Å². The molecule has 0 fully saturated rings. The number of anilines is 1. The number of hydrogen-bond donors (Lipinski definition) is 1. The summed E-state index contributed by atoms with van der Waals surface area (Å²) in [5.74, 6) is 0.770. The van der Waals surface area contributed by atoms with Crippen LogP contribution >= 0.6 is 11.3 Å². The molecule has 0 aliphatic carbocycles. The van der Waals surface area contributed by atoms with Crippen molar-refractivity contribution in [2.75, 3.05) is 5.32 Å². The van der Waals surface area contributed by atoms with Crippen molar-refractivity contribution >= 4 is 22.9 Å².